The van der Waals surface area contributed by atoms with Crippen molar-refractivity contribution in [3.05, 3.63) is 100 Å². The van der Waals surface area contributed by atoms with E-state index in [1.54, 1.807) is 53.6 Å². The number of nitrogens with zero attached hydrogens (tertiary/aromatic N) is 2. The van der Waals surface area contributed by atoms with E-state index in [4.69, 9.17) is 16.4 Å². The number of carbonyl (C=O) groups is 2. The Kier molecular flexibility index (Phi) is 8.69. The normalized spacial score (nSPS) is 22.7. The van der Waals surface area contributed by atoms with Crippen molar-refractivity contribution >= 4 is 33.4 Å². The highest BCUT2D eigenvalue weighted by atomic mass is 35.5. The van der Waals surface area contributed by atoms with E-state index >= 15 is 0 Å². The molecule has 3 aromatic rings. The van der Waals surface area contributed by atoms with Crippen LogP contribution in [0.2, 0.25) is 5.02 Å². The number of hydroxylamine groups is 1. The second-order valence-electron chi connectivity index (χ2n) is 10.3. The summed E-state index contributed by atoms with van der Waals surface area (Å²) in [5.41, 5.74) is 4.11. The number of pyridine rings is 1. The van der Waals surface area contributed by atoms with Gasteiger partial charge in [-0.3, -0.25) is 19.4 Å². The third kappa shape index (κ3) is 6.59. The summed E-state index contributed by atoms with van der Waals surface area (Å²) in [5.74, 6) is -2.66. The average Bonchev–Trinajstić information content (AvgIpc) is 2.94. The molecule has 0 saturated heterocycles. The van der Waals surface area contributed by atoms with Crippen LogP contribution in [0.3, 0.4) is 0 Å². The van der Waals surface area contributed by atoms with Gasteiger partial charge in [0, 0.05) is 28.9 Å². The largest absolute Gasteiger partial charge is 0.326 e. The second kappa shape index (κ2) is 12.2. The molecule has 1 aliphatic carbocycles. The molecule has 216 valence electrons. The Labute approximate surface area is 243 Å². The number of sulfonamides is 1. The molecule has 1 aliphatic heterocycles. The highest BCUT2D eigenvalue weighted by Gasteiger charge is 2.49. The zero-order chi connectivity index (χ0) is 29.1. The minimum Gasteiger partial charge on any atom is -0.326 e. The molecule has 2 heterocycles. The molecule has 2 N–H and O–H groups in total. The van der Waals surface area contributed by atoms with Crippen molar-refractivity contribution < 1.29 is 27.2 Å². The molecule has 0 spiro atoms. The van der Waals surface area contributed by atoms with Crippen molar-refractivity contribution in [2.45, 2.75) is 56.3 Å². The number of amides is 2. The van der Waals surface area contributed by atoms with Gasteiger partial charge in [-0.15, -0.1) is 0 Å². The molecule has 41 heavy (non-hydrogen) atoms. The molecule has 1 fully saturated rings. The summed E-state index contributed by atoms with van der Waals surface area (Å²) in [5, 5.41) is 0.471. The van der Waals surface area contributed by atoms with E-state index in [0.717, 1.165) is 25.2 Å². The maximum absolute atomic E-state index is 14.5. The van der Waals surface area contributed by atoms with E-state index in [2.05, 4.69) is 15.2 Å². The molecule has 0 unspecified atom stereocenters. The van der Waals surface area contributed by atoms with Gasteiger partial charge < -0.3 is 4.90 Å². The number of hydrogen-bond acceptors (Lipinski definition) is 6. The first kappa shape index (κ1) is 29.1. The lowest BCUT2D eigenvalue weighted by molar-refractivity contribution is -0.138. The number of nitrogens with one attached hydrogen (secondary N) is 2. The van der Waals surface area contributed by atoms with Crippen molar-refractivity contribution in [3.63, 3.8) is 0 Å². The van der Waals surface area contributed by atoms with E-state index in [-0.39, 0.29) is 12.2 Å². The van der Waals surface area contributed by atoms with Crippen LogP contribution in [-0.4, -0.2) is 48.5 Å². The molecule has 4 atom stereocenters. The molecule has 2 aliphatic rings. The van der Waals surface area contributed by atoms with Gasteiger partial charge in [-0.1, -0.05) is 48.7 Å². The van der Waals surface area contributed by atoms with E-state index in [9.17, 15) is 22.4 Å². The third-order valence-electron chi connectivity index (χ3n) is 7.50. The summed E-state index contributed by atoms with van der Waals surface area (Å²) >= 11 is 6.18. The topological polar surface area (TPSA) is 118 Å². The predicted molar refractivity (Wildman–Crippen MR) is 151 cm³/mol. The van der Waals surface area contributed by atoms with Gasteiger partial charge in [0.05, 0.1) is 23.9 Å². The van der Waals surface area contributed by atoms with Gasteiger partial charge in [-0.05, 0) is 60.4 Å². The average molecular weight is 601 g/mol. The second-order valence-corrected chi connectivity index (χ2v) is 12.6. The van der Waals surface area contributed by atoms with E-state index in [1.165, 1.54) is 12.1 Å². The van der Waals surface area contributed by atoms with Crippen molar-refractivity contribution in [2.24, 2.45) is 0 Å². The fourth-order valence-electron chi connectivity index (χ4n) is 5.82. The zero-order valence-electron chi connectivity index (χ0n) is 22.3. The Bertz CT molecular complexity index is 1520. The molecule has 12 heteroatoms. The van der Waals surface area contributed by atoms with Gasteiger partial charge in [0.15, 0.2) is 0 Å². The molecule has 5 rings (SSSR count). The number of hydrogen-bond donors (Lipinski definition) is 2. The van der Waals surface area contributed by atoms with Crippen LogP contribution in [0.25, 0.3) is 0 Å². The van der Waals surface area contributed by atoms with Gasteiger partial charge in [0.1, 0.15) is 12.4 Å². The molecule has 0 bridgehead atoms. The van der Waals surface area contributed by atoms with Gasteiger partial charge in [0.2, 0.25) is 10.0 Å². The van der Waals surface area contributed by atoms with E-state index in [0.29, 0.717) is 34.7 Å². The molecular formula is C29H30ClFN4O5S. The smallest absolute Gasteiger partial charge is 0.255 e. The molecule has 2 amide bonds. The Morgan fingerprint density at radius 3 is 2.59 bits per heavy atom. The minimum atomic E-state index is -3.61. The minimum absolute atomic E-state index is 0.00676. The predicted octanol–water partition coefficient (Wildman–Crippen LogP) is 4.26. The highest BCUT2D eigenvalue weighted by molar-refractivity contribution is 7.88. The number of rotatable bonds is 8. The number of halogens is 2. The lowest BCUT2D eigenvalue weighted by Crippen LogP contribution is -2.59. The molecular weight excluding hydrogens is 571 g/mol. The number of fused-ring (bicyclic) bond motifs is 1. The van der Waals surface area contributed by atoms with Crippen LogP contribution >= 0.6 is 11.6 Å². The van der Waals surface area contributed by atoms with Crippen molar-refractivity contribution in [3.8, 4) is 0 Å². The first-order valence-corrected chi connectivity index (χ1v) is 15.6. The summed E-state index contributed by atoms with van der Waals surface area (Å²) in [6, 6.07) is 13.9. The fraction of sp³-hybridized carbons (Fsp3) is 0.345. The summed E-state index contributed by atoms with van der Waals surface area (Å²) in [6.07, 6.45) is 5.22. The zero-order valence-corrected chi connectivity index (χ0v) is 23.9. The first-order chi connectivity index (χ1) is 19.6. The van der Waals surface area contributed by atoms with Gasteiger partial charge in [-0.25, -0.2) is 23.0 Å². The monoisotopic (exact) mass is 600 g/mol. The Morgan fingerprint density at radius 1 is 1.12 bits per heavy atom. The number of carbonyl (C=O) groups excluding carboxylic acids is 2. The molecule has 2 aromatic carbocycles. The van der Waals surface area contributed by atoms with Crippen molar-refractivity contribution in [2.75, 3.05) is 6.26 Å². The number of aromatic nitrogens is 1. The third-order valence-corrected chi connectivity index (χ3v) is 8.48. The quantitative estimate of drug-likeness (QED) is 0.373. The molecule has 1 aromatic heterocycles. The standard InChI is InChI=1S/C29H30ClFN4O5S/c1-41(38,39)34-24-7-2-3-8-25(24)35-27(18-9-11-19(30)12-10-18)26(22-14-13-20(31)16-23(22)29(35)37)28(36)33-40-17-21-6-4-5-15-32-21/h4-6,9-16,24-27,34H,2-3,7-8,17H2,1H3,(H,33,36)/t24-,25-,26+,27-/m0/s1. The van der Waals surface area contributed by atoms with Crippen molar-refractivity contribution in [1.29, 1.82) is 0 Å². The van der Waals surface area contributed by atoms with Crippen LogP contribution in [0.4, 0.5) is 4.39 Å². The lowest BCUT2D eigenvalue weighted by atomic mass is 9.76. The first-order valence-electron chi connectivity index (χ1n) is 13.3. The van der Waals surface area contributed by atoms with Crippen LogP contribution < -0.4 is 10.2 Å². The van der Waals surface area contributed by atoms with Crippen LogP contribution in [0, 0.1) is 5.82 Å². The summed E-state index contributed by atoms with van der Waals surface area (Å²) in [6.45, 7) is 0.00676. The van der Waals surface area contributed by atoms with E-state index < -0.39 is 51.7 Å². The summed E-state index contributed by atoms with van der Waals surface area (Å²) in [4.78, 5) is 39.3. The van der Waals surface area contributed by atoms with Gasteiger partial charge in [0.25, 0.3) is 11.8 Å². The highest BCUT2D eigenvalue weighted by Crippen LogP contribution is 2.46. The lowest BCUT2D eigenvalue weighted by Gasteiger charge is -2.49. The Morgan fingerprint density at radius 2 is 1.88 bits per heavy atom. The molecule has 9 nitrogen and oxygen atoms in total. The van der Waals surface area contributed by atoms with Crippen LogP contribution in [0.5, 0.6) is 0 Å². The van der Waals surface area contributed by atoms with Crippen LogP contribution in [-0.2, 0) is 26.3 Å². The summed E-state index contributed by atoms with van der Waals surface area (Å²) < 4.78 is 41.8. The molecule has 0 radical (unpaired) electrons. The van der Waals surface area contributed by atoms with Crippen LogP contribution in [0.15, 0.2) is 66.9 Å². The Hall–Kier alpha value is -3.38. The van der Waals surface area contributed by atoms with Gasteiger partial charge in [-0.2, -0.15) is 0 Å². The maximum Gasteiger partial charge on any atom is 0.255 e. The SMILES string of the molecule is CS(=O)(=O)N[C@H]1CCCC[C@@H]1N1C(=O)c2cc(F)ccc2[C@@H](C(=O)NOCc2ccccn2)[C@@H]1c1ccc(Cl)cc1. The van der Waals surface area contributed by atoms with Gasteiger partial charge >= 0.3 is 0 Å². The van der Waals surface area contributed by atoms with Crippen molar-refractivity contribution in [1.82, 2.24) is 20.1 Å². The molecule has 1 saturated carbocycles. The fourth-order valence-corrected chi connectivity index (χ4v) is 6.77. The Balaban J connectivity index is 1.59. The van der Waals surface area contributed by atoms with Crippen LogP contribution in [0.1, 0.15) is 64.8 Å². The maximum atomic E-state index is 14.5. The number of benzene rings is 2. The summed E-state index contributed by atoms with van der Waals surface area (Å²) in [7, 11) is -3.61. The van der Waals surface area contributed by atoms with E-state index in [1.807, 2.05) is 0 Å².